The maximum atomic E-state index is 12.4. The lowest BCUT2D eigenvalue weighted by molar-refractivity contribution is 0.102. The molecule has 1 amide bonds. The Morgan fingerprint density at radius 1 is 1.05 bits per heavy atom. The molecule has 0 aliphatic heterocycles. The second-order valence-electron chi connectivity index (χ2n) is 4.51. The molecule has 0 atom stereocenters. The van der Waals surface area contributed by atoms with Gasteiger partial charge in [-0.1, -0.05) is 36.4 Å². The van der Waals surface area contributed by atoms with Gasteiger partial charge >= 0.3 is 0 Å². The van der Waals surface area contributed by atoms with E-state index in [0.717, 1.165) is 27.9 Å². The molecule has 0 aliphatic carbocycles. The van der Waals surface area contributed by atoms with Gasteiger partial charge in [0.2, 0.25) is 0 Å². The highest BCUT2D eigenvalue weighted by molar-refractivity contribution is 6.17. The van der Waals surface area contributed by atoms with Gasteiger partial charge < -0.3 is 5.32 Å². The predicted octanol–water partition coefficient (Wildman–Crippen LogP) is 4.29. The van der Waals surface area contributed by atoms with Crippen molar-refractivity contribution in [1.82, 2.24) is 0 Å². The number of amides is 1. The van der Waals surface area contributed by atoms with Crippen LogP contribution in [0.15, 0.2) is 42.5 Å². The summed E-state index contributed by atoms with van der Waals surface area (Å²) in [6.07, 6.45) is 0. The lowest BCUT2D eigenvalue weighted by Gasteiger charge is -2.12. The quantitative estimate of drug-likeness (QED) is 0.830. The van der Waals surface area contributed by atoms with Gasteiger partial charge in [-0.05, 0) is 36.6 Å². The average molecular weight is 274 g/mol. The largest absolute Gasteiger partial charge is 0.322 e. The first kappa shape index (κ1) is 13.6. The minimum absolute atomic E-state index is 0.0897. The van der Waals surface area contributed by atoms with Crippen LogP contribution >= 0.6 is 11.6 Å². The van der Waals surface area contributed by atoms with E-state index in [2.05, 4.69) is 5.32 Å². The van der Waals surface area contributed by atoms with Gasteiger partial charge in [-0.3, -0.25) is 4.79 Å². The molecule has 0 bridgehead atoms. The lowest BCUT2D eigenvalue weighted by Crippen LogP contribution is -2.15. The monoisotopic (exact) mass is 273 g/mol. The molecule has 3 heteroatoms. The fourth-order valence-corrected chi connectivity index (χ4v) is 2.35. The van der Waals surface area contributed by atoms with Crippen LogP contribution in [-0.4, -0.2) is 5.91 Å². The van der Waals surface area contributed by atoms with Gasteiger partial charge in [-0.2, -0.15) is 0 Å². The van der Waals surface area contributed by atoms with Crippen LogP contribution in [0.1, 0.15) is 27.0 Å². The van der Waals surface area contributed by atoms with Crippen molar-refractivity contribution in [1.29, 1.82) is 0 Å². The number of alkyl halides is 1. The fraction of sp³-hybridized carbons (Fsp3) is 0.188. The highest BCUT2D eigenvalue weighted by atomic mass is 35.5. The molecule has 0 aromatic heterocycles. The van der Waals surface area contributed by atoms with E-state index < -0.39 is 0 Å². The van der Waals surface area contributed by atoms with E-state index in [0.29, 0.717) is 5.88 Å². The number of rotatable bonds is 3. The number of halogens is 1. The van der Waals surface area contributed by atoms with Crippen molar-refractivity contribution in [2.24, 2.45) is 0 Å². The summed E-state index contributed by atoms with van der Waals surface area (Å²) in [5.41, 5.74) is 4.36. The molecule has 0 saturated carbocycles. The van der Waals surface area contributed by atoms with E-state index in [-0.39, 0.29) is 5.91 Å². The van der Waals surface area contributed by atoms with E-state index in [9.17, 15) is 4.79 Å². The number of benzene rings is 2. The highest BCUT2D eigenvalue weighted by Gasteiger charge is 2.13. The second kappa shape index (κ2) is 5.89. The minimum atomic E-state index is -0.0897. The van der Waals surface area contributed by atoms with E-state index >= 15 is 0 Å². The summed E-state index contributed by atoms with van der Waals surface area (Å²) >= 11 is 5.87. The number of aryl methyl sites for hydroxylation is 2. The third-order valence-corrected chi connectivity index (χ3v) is 3.41. The first-order valence-corrected chi connectivity index (χ1v) is 6.68. The van der Waals surface area contributed by atoms with Crippen LogP contribution in [0.4, 0.5) is 5.69 Å². The van der Waals surface area contributed by atoms with E-state index in [1.54, 1.807) is 0 Å². The summed E-state index contributed by atoms with van der Waals surface area (Å²) in [4.78, 5) is 12.4. The number of nitrogens with one attached hydrogen (secondary N) is 1. The Morgan fingerprint density at radius 2 is 1.68 bits per heavy atom. The molecule has 2 aromatic rings. The molecule has 0 heterocycles. The van der Waals surface area contributed by atoms with E-state index in [1.807, 2.05) is 56.3 Å². The van der Waals surface area contributed by atoms with Crippen molar-refractivity contribution in [3.05, 3.63) is 64.7 Å². The fourth-order valence-electron chi connectivity index (χ4n) is 2.12. The molecular formula is C16H16ClNO. The normalized spacial score (nSPS) is 10.3. The van der Waals surface area contributed by atoms with Crippen molar-refractivity contribution in [3.63, 3.8) is 0 Å². The van der Waals surface area contributed by atoms with Crippen LogP contribution in [0, 0.1) is 13.8 Å². The Labute approximate surface area is 118 Å². The second-order valence-corrected chi connectivity index (χ2v) is 4.78. The Balaban J connectivity index is 2.31. The van der Waals surface area contributed by atoms with Crippen LogP contribution in [0.25, 0.3) is 0 Å². The highest BCUT2D eigenvalue weighted by Crippen LogP contribution is 2.20. The van der Waals surface area contributed by atoms with Gasteiger partial charge in [0.1, 0.15) is 0 Å². The molecule has 2 rings (SSSR count). The molecule has 98 valence electrons. The summed E-state index contributed by atoms with van der Waals surface area (Å²) in [5.74, 6) is 0.289. The number of carbonyl (C=O) groups excluding carboxylic acids is 1. The van der Waals surface area contributed by atoms with Crippen LogP contribution in [0.2, 0.25) is 0 Å². The third kappa shape index (κ3) is 2.96. The minimum Gasteiger partial charge on any atom is -0.322 e. The third-order valence-electron chi connectivity index (χ3n) is 3.12. The first-order valence-electron chi connectivity index (χ1n) is 6.15. The molecule has 2 aromatic carbocycles. The molecule has 0 spiro atoms. The zero-order chi connectivity index (χ0) is 13.8. The smallest absolute Gasteiger partial charge is 0.256 e. The van der Waals surface area contributed by atoms with Gasteiger partial charge in [0, 0.05) is 17.1 Å². The summed E-state index contributed by atoms with van der Waals surface area (Å²) in [6.45, 7) is 3.88. The topological polar surface area (TPSA) is 29.1 Å². The Morgan fingerprint density at radius 3 is 2.32 bits per heavy atom. The molecule has 0 fully saturated rings. The van der Waals surface area contributed by atoms with Gasteiger partial charge in [-0.25, -0.2) is 0 Å². The number of anilines is 1. The van der Waals surface area contributed by atoms with Gasteiger partial charge in [-0.15, -0.1) is 11.6 Å². The first-order chi connectivity index (χ1) is 9.13. The van der Waals surface area contributed by atoms with Crippen LogP contribution < -0.4 is 5.32 Å². The van der Waals surface area contributed by atoms with Crippen LogP contribution in [0.3, 0.4) is 0 Å². The maximum Gasteiger partial charge on any atom is 0.256 e. The zero-order valence-corrected chi connectivity index (χ0v) is 11.8. The van der Waals surface area contributed by atoms with E-state index in [4.69, 9.17) is 11.6 Å². The predicted molar refractivity (Wildman–Crippen MR) is 79.9 cm³/mol. The van der Waals surface area contributed by atoms with E-state index in [1.165, 1.54) is 0 Å². The molecular weight excluding hydrogens is 258 g/mol. The summed E-state index contributed by atoms with van der Waals surface area (Å²) in [5, 5.41) is 2.94. The maximum absolute atomic E-state index is 12.4. The van der Waals surface area contributed by atoms with Crippen molar-refractivity contribution in [3.8, 4) is 0 Å². The van der Waals surface area contributed by atoms with Gasteiger partial charge in [0.15, 0.2) is 0 Å². The number of hydrogen-bond donors (Lipinski definition) is 1. The number of hydrogen-bond acceptors (Lipinski definition) is 1. The molecule has 0 unspecified atom stereocenters. The molecule has 0 radical (unpaired) electrons. The standard InChI is InChI=1S/C16H16ClNO/c1-11-6-5-7-12(2)15(11)16(19)18-14-9-4-3-8-13(14)10-17/h3-9H,10H2,1-2H3,(H,18,19). The zero-order valence-electron chi connectivity index (χ0n) is 11.0. The van der Waals surface area contributed by atoms with Crippen molar-refractivity contribution in [2.75, 3.05) is 5.32 Å². The Bertz CT molecular complexity index is 587. The Kier molecular flexibility index (Phi) is 4.23. The molecule has 0 saturated heterocycles. The van der Waals surface area contributed by atoms with Gasteiger partial charge in [0.05, 0.1) is 0 Å². The average Bonchev–Trinajstić information content (AvgIpc) is 2.39. The summed E-state index contributed by atoms with van der Waals surface area (Å²) < 4.78 is 0. The summed E-state index contributed by atoms with van der Waals surface area (Å²) in [7, 11) is 0. The van der Waals surface area contributed by atoms with Crippen molar-refractivity contribution in [2.45, 2.75) is 19.7 Å². The lowest BCUT2D eigenvalue weighted by atomic mass is 10.0. The number of para-hydroxylation sites is 1. The van der Waals surface area contributed by atoms with Crippen LogP contribution in [-0.2, 0) is 5.88 Å². The van der Waals surface area contributed by atoms with Gasteiger partial charge in [0.25, 0.3) is 5.91 Å². The molecule has 19 heavy (non-hydrogen) atoms. The molecule has 2 nitrogen and oxygen atoms in total. The van der Waals surface area contributed by atoms with Crippen molar-refractivity contribution < 1.29 is 4.79 Å². The van der Waals surface area contributed by atoms with Crippen LogP contribution in [0.5, 0.6) is 0 Å². The number of carbonyl (C=O) groups is 1. The van der Waals surface area contributed by atoms with Crippen molar-refractivity contribution >= 4 is 23.2 Å². The Hall–Kier alpha value is -1.80. The SMILES string of the molecule is Cc1cccc(C)c1C(=O)Nc1ccccc1CCl. The summed E-state index contributed by atoms with van der Waals surface area (Å²) in [6, 6.07) is 13.4. The molecule has 0 aliphatic rings. The molecule has 1 N–H and O–H groups in total.